The fourth-order valence-electron chi connectivity index (χ4n) is 1.82. The lowest BCUT2D eigenvalue weighted by Crippen LogP contribution is -2.06. The van der Waals surface area contributed by atoms with Crippen LogP contribution in [0.4, 0.5) is 0 Å². The van der Waals surface area contributed by atoms with Crippen LogP contribution in [0, 0.1) is 13.8 Å². The second kappa shape index (κ2) is 6.14. The summed E-state index contributed by atoms with van der Waals surface area (Å²) in [6.07, 6.45) is 0.187. The Balaban J connectivity index is 1.98. The molecule has 1 aromatic heterocycles. The van der Waals surface area contributed by atoms with E-state index in [0.29, 0.717) is 17.4 Å². The Morgan fingerprint density at radius 3 is 2.60 bits per heavy atom. The highest BCUT2D eigenvalue weighted by atomic mass is 16.7. The lowest BCUT2D eigenvalue weighted by molar-refractivity contribution is -0.142. The van der Waals surface area contributed by atoms with Crippen molar-refractivity contribution in [2.75, 3.05) is 0 Å². The highest BCUT2D eigenvalue weighted by molar-refractivity contribution is 5.97. The van der Waals surface area contributed by atoms with Crippen molar-refractivity contribution in [3.63, 3.8) is 0 Å². The molecule has 0 fully saturated rings. The molecule has 0 radical (unpaired) electrons. The van der Waals surface area contributed by atoms with Crippen molar-refractivity contribution in [3.8, 4) is 0 Å². The lowest BCUT2D eigenvalue weighted by Gasteiger charge is -2.00. The van der Waals surface area contributed by atoms with Crippen LogP contribution in [0.3, 0.4) is 0 Å². The number of benzene rings is 1. The summed E-state index contributed by atoms with van der Waals surface area (Å²) in [4.78, 5) is 20.7. The van der Waals surface area contributed by atoms with E-state index in [2.05, 4.69) is 10.1 Å². The monoisotopic (exact) mass is 272 g/mol. The molecule has 104 valence electrons. The summed E-state index contributed by atoms with van der Waals surface area (Å²) in [6.45, 7) is 5.28. The molecular formula is C15H16N2O3. The maximum Gasteiger partial charge on any atom is 0.339 e. The van der Waals surface area contributed by atoms with Crippen molar-refractivity contribution in [3.05, 3.63) is 53.2 Å². The van der Waals surface area contributed by atoms with Gasteiger partial charge in [-0.2, -0.15) is 0 Å². The summed E-state index contributed by atoms with van der Waals surface area (Å²) in [5, 5.41) is 3.80. The maximum absolute atomic E-state index is 11.7. The minimum atomic E-state index is -0.413. The average Bonchev–Trinajstić information content (AvgIpc) is 2.76. The molecule has 0 unspecified atom stereocenters. The number of nitrogens with zero attached hydrogens (tertiary/aromatic N) is 2. The van der Waals surface area contributed by atoms with E-state index in [0.717, 1.165) is 11.3 Å². The molecule has 0 aliphatic heterocycles. The normalized spacial score (nSPS) is 11.4. The minimum Gasteiger partial charge on any atom is -0.439 e. The van der Waals surface area contributed by atoms with Gasteiger partial charge in [-0.1, -0.05) is 35.5 Å². The number of oxime groups is 1. The number of rotatable bonds is 4. The average molecular weight is 272 g/mol. The van der Waals surface area contributed by atoms with Crippen LogP contribution in [0.5, 0.6) is 0 Å². The van der Waals surface area contributed by atoms with Gasteiger partial charge < -0.3 is 9.25 Å². The first-order chi connectivity index (χ1) is 9.56. The third kappa shape index (κ3) is 3.54. The van der Waals surface area contributed by atoms with Crippen molar-refractivity contribution in [1.82, 2.24) is 4.98 Å². The molecule has 0 N–H and O–H groups in total. The molecule has 0 saturated carbocycles. The molecule has 0 saturated heterocycles. The van der Waals surface area contributed by atoms with Crippen molar-refractivity contribution < 1.29 is 14.0 Å². The third-order valence-corrected chi connectivity index (χ3v) is 2.71. The van der Waals surface area contributed by atoms with Crippen molar-refractivity contribution in [2.45, 2.75) is 27.2 Å². The van der Waals surface area contributed by atoms with Crippen LogP contribution >= 0.6 is 0 Å². The Labute approximate surface area is 117 Å². The van der Waals surface area contributed by atoms with Crippen LogP contribution in [0.15, 0.2) is 39.9 Å². The van der Waals surface area contributed by atoms with Gasteiger partial charge in [0.1, 0.15) is 5.71 Å². The fraction of sp³-hybridized carbons (Fsp3) is 0.267. The van der Waals surface area contributed by atoms with E-state index >= 15 is 0 Å². The predicted molar refractivity (Wildman–Crippen MR) is 74.4 cm³/mol. The zero-order valence-corrected chi connectivity index (χ0v) is 11.7. The zero-order chi connectivity index (χ0) is 14.5. The van der Waals surface area contributed by atoms with Gasteiger partial charge in [-0.05, 0) is 19.4 Å². The second-order valence-corrected chi connectivity index (χ2v) is 4.45. The number of hydrogen-bond donors (Lipinski definition) is 0. The van der Waals surface area contributed by atoms with E-state index in [1.165, 1.54) is 0 Å². The van der Waals surface area contributed by atoms with Crippen LogP contribution < -0.4 is 0 Å². The number of carbonyl (C=O) groups excluding carboxylic acids is 1. The predicted octanol–water partition coefficient (Wildman–Crippen LogP) is 2.80. The molecule has 0 bridgehead atoms. The fourth-order valence-corrected chi connectivity index (χ4v) is 1.82. The molecule has 5 heteroatoms. The van der Waals surface area contributed by atoms with E-state index in [-0.39, 0.29) is 6.42 Å². The SMILES string of the molecule is CC(=NOC(=O)Cc1ccccc1)c1oc(C)nc1C. The van der Waals surface area contributed by atoms with Crippen LogP contribution in [-0.2, 0) is 16.1 Å². The topological polar surface area (TPSA) is 64.7 Å². The van der Waals surface area contributed by atoms with Crippen molar-refractivity contribution in [2.24, 2.45) is 5.16 Å². The van der Waals surface area contributed by atoms with Gasteiger partial charge >= 0.3 is 5.97 Å². The van der Waals surface area contributed by atoms with Crippen molar-refractivity contribution >= 4 is 11.7 Å². The molecule has 0 amide bonds. The van der Waals surface area contributed by atoms with Gasteiger partial charge in [0.05, 0.1) is 12.1 Å². The lowest BCUT2D eigenvalue weighted by atomic mass is 10.2. The minimum absolute atomic E-state index is 0.187. The van der Waals surface area contributed by atoms with Crippen LogP contribution in [0.25, 0.3) is 0 Å². The Kier molecular flexibility index (Phi) is 4.30. The van der Waals surface area contributed by atoms with Gasteiger partial charge in [0.15, 0.2) is 11.7 Å². The quantitative estimate of drug-likeness (QED) is 0.487. The molecule has 2 aromatic rings. The molecule has 5 nitrogen and oxygen atoms in total. The van der Waals surface area contributed by atoms with Crippen molar-refractivity contribution in [1.29, 1.82) is 0 Å². The summed E-state index contributed by atoms with van der Waals surface area (Å²) >= 11 is 0. The van der Waals surface area contributed by atoms with Gasteiger partial charge in [-0.3, -0.25) is 0 Å². The smallest absolute Gasteiger partial charge is 0.339 e. The molecule has 0 aliphatic carbocycles. The number of oxazole rings is 1. The van der Waals surface area contributed by atoms with E-state index in [4.69, 9.17) is 9.25 Å². The molecule has 2 rings (SSSR count). The van der Waals surface area contributed by atoms with Gasteiger partial charge in [-0.25, -0.2) is 9.78 Å². The van der Waals surface area contributed by atoms with E-state index < -0.39 is 5.97 Å². The number of aromatic nitrogens is 1. The zero-order valence-electron chi connectivity index (χ0n) is 11.7. The van der Waals surface area contributed by atoms with Gasteiger partial charge in [0, 0.05) is 6.92 Å². The van der Waals surface area contributed by atoms with Crippen LogP contribution in [-0.4, -0.2) is 16.7 Å². The number of aryl methyl sites for hydroxylation is 2. The summed E-state index contributed by atoms with van der Waals surface area (Å²) in [6, 6.07) is 9.37. The molecule has 0 atom stereocenters. The van der Waals surface area contributed by atoms with Gasteiger partial charge in [0.25, 0.3) is 0 Å². The van der Waals surface area contributed by atoms with Gasteiger partial charge in [-0.15, -0.1) is 0 Å². The summed E-state index contributed by atoms with van der Waals surface area (Å²) in [5.41, 5.74) is 2.10. The Bertz CT molecular complexity index is 630. The summed E-state index contributed by atoms with van der Waals surface area (Å²) < 4.78 is 5.39. The van der Waals surface area contributed by atoms with Gasteiger partial charge in [0.2, 0.25) is 0 Å². The molecule has 0 spiro atoms. The third-order valence-electron chi connectivity index (χ3n) is 2.71. The standard InChI is InChI=1S/C15H16N2O3/c1-10-15(19-12(3)16-10)11(2)17-20-14(18)9-13-7-5-4-6-8-13/h4-8H,9H2,1-3H3. The Morgan fingerprint density at radius 1 is 1.30 bits per heavy atom. The molecule has 0 aliphatic rings. The highest BCUT2D eigenvalue weighted by Crippen LogP contribution is 2.11. The van der Waals surface area contributed by atoms with Crippen LogP contribution in [0.1, 0.15) is 29.8 Å². The second-order valence-electron chi connectivity index (χ2n) is 4.45. The highest BCUT2D eigenvalue weighted by Gasteiger charge is 2.11. The molecule has 20 heavy (non-hydrogen) atoms. The Morgan fingerprint density at radius 2 is 2.00 bits per heavy atom. The number of hydrogen-bond acceptors (Lipinski definition) is 5. The molecule has 1 aromatic carbocycles. The summed E-state index contributed by atoms with van der Waals surface area (Å²) in [7, 11) is 0. The maximum atomic E-state index is 11.7. The Hall–Kier alpha value is -2.43. The largest absolute Gasteiger partial charge is 0.439 e. The molecular weight excluding hydrogens is 256 g/mol. The van der Waals surface area contributed by atoms with E-state index in [9.17, 15) is 4.79 Å². The first-order valence-electron chi connectivity index (χ1n) is 6.29. The first kappa shape index (κ1) is 14.0. The van der Waals surface area contributed by atoms with Crippen LogP contribution in [0.2, 0.25) is 0 Å². The molecule has 1 heterocycles. The van der Waals surface area contributed by atoms with E-state index in [1.807, 2.05) is 37.3 Å². The first-order valence-corrected chi connectivity index (χ1v) is 6.29. The number of carbonyl (C=O) groups is 1. The summed E-state index contributed by atoms with van der Waals surface area (Å²) in [5.74, 6) is 0.683. The van der Waals surface area contributed by atoms with E-state index in [1.54, 1.807) is 13.8 Å².